The predicted octanol–water partition coefficient (Wildman–Crippen LogP) is 3.03. The monoisotopic (exact) mass is 383 g/mol. The van der Waals surface area contributed by atoms with Gasteiger partial charge in [0.1, 0.15) is 5.69 Å². The van der Waals surface area contributed by atoms with Crippen LogP contribution in [0.2, 0.25) is 5.02 Å². The maximum absolute atomic E-state index is 12.9. The Bertz CT molecular complexity index is 843. The van der Waals surface area contributed by atoms with Crippen LogP contribution in [0.25, 0.3) is 6.08 Å². The van der Waals surface area contributed by atoms with E-state index in [1.807, 2.05) is 26.2 Å². The summed E-state index contributed by atoms with van der Waals surface area (Å²) in [6.07, 6.45) is 3.90. The van der Waals surface area contributed by atoms with Crippen LogP contribution < -0.4 is 0 Å². The summed E-state index contributed by atoms with van der Waals surface area (Å²) in [5.74, 6) is 0.226. The smallest absolute Gasteiger partial charge is 0.248 e. The van der Waals surface area contributed by atoms with Crippen LogP contribution in [0.15, 0.2) is 39.9 Å². The maximum atomic E-state index is 12.9. The number of hydrogen-bond donors (Lipinski definition) is 0. The van der Waals surface area contributed by atoms with Gasteiger partial charge in [-0.15, -0.1) is 0 Å². The molecule has 2 aromatic rings. The molecule has 0 aliphatic heterocycles. The van der Waals surface area contributed by atoms with Crippen LogP contribution in [0, 0.1) is 6.92 Å². The minimum Gasteiger partial charge on any atom is -0.383 e. The van der Waals surface area contributed by atoms with Gasteiger partial charge >= 0.3 is 0 Å². The highest BCUT2D eigenvalue weighted by Gasteiger charge is 2.29. The molecule has 25 heavy (non-hydrogen) atoms. The third-order valence-electron chi connectivity index (χ3n) is 3.65. The van der Waals surface area contributed by atoms with Crippen LogP contribution in [-0.4, -0.2) is 50.5 Å². The lowest BCUT2D eigenvalue weighted by Gasteiger charge is -2.17. The van der Waals surface area contributed by atoms with E-state index in [1.165, 1.54) is 4.31 Å². The van der Waals surface area contributed by atoms with Crippen molar-refractivity contribution >= 4 is 27.7 Å². The molecule has 0 N–H and O–H groups in total. The van der Waals surface area contributed by atoms with Crippen molar-refractivity contribution in [1.82, 2.24) is 14.4 Å². The minimum absolute atomic E-state index is 0.101. The van der Waals surface area contributed by atoms with Crippen molar-refractivity contribution in [2.24, 2.45) is 0 Å². The molecule has 0 unspecified atom stereocenters. The van der Waals surface area contributed by atoms with Crippen LogP contribution in [0.1, 0.15) is 17.0 Å². The third-order valence-corrected chi connectivity index (χ3v) is 5.92. The molecule has 2 rings (SSSR count). The van der Waals surface area contributed by atoms with Crippen LogP contribution in [-0.2, 0) is 16.4 Å². The van der Waals surface area contributed by atoms with Gasteiger partial charge in [0.05, 0.1) is 0 Å². The topological polar surface area (TPSA) is 66.7 Å². The Morgan fingerprint density at radius 1 is 1.20 bits per heavy atom. The summed E-state index contributed by atoms with van der Waals surface area (Å²) >= 11 is 5.87. The first kappa shape index (κ1) is 19.5. The number of sulfonamides is 1. The highest BCUT2D eigenvalue weighted by Crippen LogP contribution is 2.24. The molecule has 0 aliphatic rings. The van der Waals surface area contributed by atoms with Gasteiger partial charge in [-0.3, -0.25) is 0 Å². The average Bonchev–Trinajstić information content (AvgIpc) is 2.93. The zero-order chi connectivity index (χ0) is 18.6. The molecule has 0 radical (unpaired) electrons. The summed E-state index contributed by atoms with van der Waals surface area (Å²) < 4.78 is 32.3. The van der Waals surface area contributed by atoms with Crippen molar-refractivity contribution in [3.63, 3.8) is 0 Å². The number of nitrogens with zero attached hydrogens (tertiary/aromatic N) is 3. The quantitative estimate of drug-likeness (QED) is 0.735. The molecule has 0 fully saturated rings. The molecule has 0 amide bonds. The fourth-order valence-electron chi connectivity index (χ4n) is 2.23. The number of rotatable bonds is 7. The molecule has 0 spiro atoms. The molecule has 0 atom stereocenters. The van der Waals surface area contributed by atoms with E-state index in [0.29, 0.717) is 23.7 Å². The Morgan fingerprint density at radius 2 is 1.84 bits per heavy atom. The molecule has 1 aromatic carbocycles. The maximum Gasteiger partial charge on any atom is 0.248 e. The van der Waals surface area contributed by atoms with Crippen LogP contribution in [0.5, 0.6) is 0 Å². The summed E-state index contributed by atoms with van der Waals surface area (Å²) in [5.41, 5.74) is 1.36. The molecule has 0 bridgehead atoms. The van der Waals surface area contributed by atoms with Crippen molar-refractivity contribution in [1.29, 1.82) is 0 Å². The lowest BCUT2D eigenvalue weighted by Crippen LogP contribution is -2.29. The SMILES string of the molecule is Cc1noc(C=CN(C)C)c1S(=O)(=O)N(C)CCc1ccc(Cl)cc1. The Morgan fingerprint density at radius 3 is 2.44 bits per heavy atom. The largest absolute Gasteiger partial charge is 0.383 e. The van der Waals surface area contributed by atoms with E-state index in [4.69, 9.17) is 16.1 Å². The van der Waals surface area contributed by atoms with Crippen molar-refractivity contribution in [3.05, 3.63) is 52.5 Å². The Labute approximate surface area is 153 Å². The molecule has 8 heteroatoms. The van der Waals surface area contributed by atoms with Gasteiger partial charge in [0, 0.05) is 45.0 Å². The van der Waals surface area contributed by atoms with E-state index < -0.39 is 10.0 Å². The van der Waals surface area contributed by atoms with Crippen molar-refractivity contribution in [2.75, 3.05) is 27.7 Å². The minimum atomic E-state index is -3.70. The Hall–Kier alpha value is -1.83. The lowest BCUT2D eigenvalue weighted by atomic mass is 10.1. The average molecular weight is 384 g/mol. The molecular formula is C17H22ClN3O3S. The van der Waals surface area contributed by atoms with Crippen LogP contribution >= 0.6 is 11.6 Å². The number of benzene rings is 1. The second-order valence-corrected chi connectivity index (χ2v) is 8.36. The lowest BCUT2D eigenvalue weighted by molar-refractivity contribution is 0.404. The van der Waals surface area contributed by atoms with E-state index >= 15 is 0 Å². The van der Waals surface area contributed by atoms with Gasteiger partial charge in [-0.2, -0.15) is 0 Å². The van der Waals surface area contributed by atoms with E-state index in [2.05, 4.69) is 5.16 Å². The van der Waals surface area contributed by atoms with E-state index in [1.54, 1.807) is 43.3 Å². The highest BCUT2D eigenvalue weighted by atomic mass is 35.5. The first-order valence-electron chi connectivity index (χ1n) is 7.73. The van der Waals surface area contributed by atoms with Crippen molar-refractivity contribution in [3.8, 4) is 0 Å². The molecule has 6 nitrogen and oxygen atoms in total. The zero-order valence-corrected chi connectivity index (χ0v) is 16.3. The third kappa shape index (κ3) is 4.84. The number of aromatic nitrogens is 1. The molecule has 1 aromatic heterocycles. The summed E-state index contributed by atoms with van der Waals surface area (Å²) in [6.45, 7) is 1.96. The van der Waals surface area contributed by atoms with Crippen LogP contribution in [0.4, 0.5) is 0 Å². The molecular weight excluding hydrogens is 362 g/mol. The van der Waals surface area contributed by atoms with E-state index in [9.17, 15) is 8.42 Å². The summed E-state index contributed by atoms with van der Waals surface area (Å²) in [7, 11) is 1.53. The number of likely N-dealkylation sites (N-methyl/N-ethyl adjacent to an activating group) is 1. The summed E-state index contributed by atoms with van der Waals surface area (Å²) in [6, 6.07) is 7.36. The van der Waals surface area contributed by atoms with Crippen molar-refractivity contribution < 1.29 is 12.9 Å². The normalized spacial score (nSPS) is 12.2. The first-order valence-corrected chi connectivity index (χ1v) is 9.55. The molecule has 1 heterocycles. The molecule has 136 valence electrons. The van der Waals surface area contributed by atoms with Gasteiger partial charge in [0.2, 0.25) is 10.0 Å². The second kappa shape index (κ2) is 8.03. The summed E-state index contributed by atoms with van der Waals surface area (Å²) in [4.78, 5) is 1.89. The van der Waals surface area contributed by atoms with Gasteiger partial charge in [-0.05, 0) is 31.0 Å². The number of hydrogen-bond acceptors (Lipinski definition) is 5. The van der Waals surface area contributed by atoms with Gasteiger partial charge in [0.15, 0.2) is 10.7 Å². The van der Waals surface area contributed by atoms with Gasteiger partial charge in [0.25, 0.3) is 0 Å². The van der Waals surface area contributed by atoms with Crippen LogP contribution in [0.3, 0.4) is 0 Å². The molecule has 0 aliphatic carbocycles. The fourth-order valence-corrected chi connectivity index (χ4v) is 3.77. The fraction of sp³-hybridized carbons (Fsp3) is 0.353. The Kier molecular flexibility index (Phi) is 6.26. The second-order valence-electron chi connectivity index (χ2n) is 5.94. The summed E-state index contributed by atoms with van der Waals surface area (Å²) in [5, 5.41) is 4.46. The number of halogens is 1. The standard InChI is InChI=1S/C17H22ClN3O3S/c1-13-17(16(24-19-13)10-11-20(2)3)25(22,23)21(4)12-9-14-5-7-15(18)8-6-14/h5-8,10-11H,9,12H2,1-4H3. The molecule has 0 saturated carbocycles. The van der Waals surface area contributed by atoms with Gasteiger partial charge < -0.3 is 9.42 Å². The van der Waals surface area contributed by atoms with E-state index in [0.717, 1.165) is 5.56 Å². The van der Waals surface area contributed by atoms with Gasteiger partial charge in [-0.25, -0.2) is 12.7 Å². The zero-order valence-electron chi connectivity index (χ0n) is 14.7. The van der Waals surface area contributed by atoms with E-state index in [-0.39, 0.29) is 10.7 Å². The predicted molar refractivity (Wildman–Crippen MR) is 98.9 cm³/mol. The Balaban J connectivity index is 2.20. The number of aryl methyl sites for hydroxylation is 1. The van der Waals surface area contributed by atoms with Crippen molar-refractivity contribution in [2.45, 2.75) is 18.2 Å². The highest BCUT2D eigenvalue weighted by molar-refractivity contribution is 7.89. The first-order chi connectivity index (χ1) is 11.7. The molecule has 0 saturated heterocycles. The van der Waals surface area contributed by atoms with Gasteiger partial charge in [-0.1, -0.05) is 28.9 Å².